The van der Waals surface area contributed by atoms with Gasteiger partial charge in [0.1, 0.15) is 5.76 Å². The first-order chi connectivity index (χ1) is 8.56. The van der Waals surface area contributed by atoms with Crippen LogP contribution in [0, 0.1) is 5.92 Å². The molecule has 1 heterocycles. The fourth-order valence-electron chi connectivity index (χ4n) is 1.79. The molecule has 0 bridgehead atoms. The van der Waals surface area contributed by atoms with Crippen LogP contribution in [0.4, 0.5) is 0 Å². The average molecular weight is 253 g/mol. The second-order valence-electron chi connectivity index (χ2n) is 4.70. The number of nitrogens with zero attached hydrogens (tertiary/aromatic N) is 1. The summed E-state index contributed by atoms with van der Waals surface area (Å²) >= 11 is 0. The van der Waals surface area contributed by atoms with E-state index in [9.17, 15) is 4.79 Å². The molecule has 5 heteroatoms. The predicted octanol–water partition coefficient (Wildman–Crippen LogP) is 0.854. The van der Waals surface area contributed by atoms with Crippen LogP contribution in [0.1, 0.15) is 18.7 Å². The molecule has 102 valence electrons. The van der Waals surface area contributed by atoms with Crippen LogP contribution in [0.15, 0.2) is 22.8 Å². The Morgan fingerprint density at radius 2 is 2.17 bits per heavy atom. The lowest BCUT2D eigenvalue weighted by Gasteiger charge is -2.23. The lowest BCUT2D eigenvalue weighted by Crippen LogP contribution is -2.39. The van der Waals surface area contributed by atoms with E-state index in [1.54, 1.807) is 6.26 Å². The van der Waals surface area contributed by atoms with Gasteiger partial charge in [-0.2, -0.15) is 0 Å². The molecule has 1 amide bonds. The largest absolute Gasteiger partial charge is 0.468 e. The van der Waals surface area contributed by atoms with Crippen LogP contribution >= 0.6 is 0 Å². The molecule has 2 unspecified atom stereocenters. The molecule has 1 rings (SSSR count). The number of hydrogen-bond acceptors (Lipinski definition) is 4. The van der Waals surface area contributed by atoms with Crippen molar-refractivity contribution in [3.8, 4) is 0 Å². The second-order valence-corrected chi connectivity index (χ2v) is 4.70. The van der Waals surface area contributed by atoms with Crippen LogP contribution in [0.2, 0.25) is 0 Å². The number of rotatable bonds is 7. The summed E-state index contributed by atoms with van der Waals surface area (Å²) in [6.45, 7) is 3.13. The quantitative estimate of drug-likeness (QED) is 0.756. The Labute approximate surface area is 109 Å². The third kappa shape index (κ3) is 4.16. The molecule has 0 fully saturated rings. The van der Waals surface area contributed by atoms with Crippen molar-refractivity contribution in [3.63, 3.8) is 0 Å². The van der Waals surface area contributed by atoms with E-state index in [4.69, 9.17) is 4.42 Å². The maximum Gasteiger partial charge on any atom is 0.224 e. The van der Waals surface area contributed by atoms with Crippen molar-refractivity contribution in [2.24, 2.45) is 5.92 Å². The summed E-state index contributed by atoms with van der Waals surface area (Å²) in [6.07, 6.45) is 1.65. The Morgan fingerprint density at radius 3 is 2.67 bits per heavy atom. The van der Waals surface area contributed by atoms with Gasteiger partial charge in [0.2, 0.25) is 5.91 Å². The lowest BCUT2D eigenvalue weighted by molar-refractivity contribution is -0.124. The molecular weight excluding hydrogens is 230 g/mol. The number of hydrogen-bond donors (Lipinski definition) is 2. The van der Waals surface area contributed by atoms with Crippen LogP contribution in [-0.4, -0.2) is 45.0 Å². The molecule has 0 aromatic carbocycles. The molecule has 18 heavy (non-hydrogen) atoms. The lowest BCUT2D eigenvalue weighted by atomic mass is 10.1. The molecule has 0 radical (unpaired) electrons. The fraction of sp³-hybridized carbons (Fsp3) is 0.615. The van der Waals surface area contributed by atoms with Crippen LogP contribution in [0.5, 0.6) is 0 Å². The van der Waals surface area contributed by atoms with E-state index in [2.05, 4.69) is 10.6 Å². The molecule has 0 aliphatic carbocycles. The Morgan fingerprint density at radius 1 is 1.44 bits per heavy atom. The number of nitrogens with one attached hydrogen (secondary N) is 2. The molecule has 2 N–H and O–H groups in total. The van der Waals surface area contributed by atoms with E-state index in [1.807, 2.05) is 45.1 Å². The molecule has 0 saturated carbocycles. The zero-order chi connectivity index (χ0) is 13.5. The molecule has 2 atom stereocenters. The van der Waals surface area contributed by atoms with E-state index in [-0.39, 0.29) is 17.9 Å². The molecule has 1 aromatic rings. The predicted molar refractivity (Wildman–Crippen MR) is 71.2 cm³/mol. The van der Waals surface area contributed by atoms with E-state index >= 15 is 0 Å². The van der Waals surface area contributed by atoms with Crippen molar-refractivity contribution < 1.29 is 9.21 Å². The topological polar surface area (TPSA) is 57.5 Å². The third-order valence-corrected chi connectivity index (χ3v) is 2.92. The van der Waals surface area contributed by atoms with Gasteiger partial charge in [-0.1, -0.05) is 6.92 Å². The number of amides is 1. The van der Waals surface area contributed by atoms with Gasteiger partial charge in [-0.05, 0) is 33.3 Å². The highest BCUT2D eigenvalue weighted by atomic mass is 16.3. The summed E-state index contributed by atoms with van der Waals surface area (Å²) in [6, 6.07) is 3.84. The monoisotopic (exact) mass is 253 g/mol. The maximum absolute atomic E-state index is 11.8. The minimum Gasteiger partial charge on any atom is -0.468 e. The highest BCUT2D eigenvalue weighted by Gasteiger charge is 2.19. The molecule has 5 nitrogen and oxygen atoms in total. The summed E-state index contributed by atoms with van der Waals surface area (Å²) in [5.74, 6) is 0.888. The second kappa shape index (κ2) is 7.18. The summed E-state index contributed by atoms with van der Waals surface area (Å²) in [5.41, 5.74) is 0. The van der Waals surface area contributed by atoms with Crippen molar-refractivity contribution in [3.05, 3.63) is 24.2 Å². The van der Waals surface area contributed by atoms with E-state index < -0.39 is 0 Å². The van der Waals surface area contributed by atoms with E-state index in [0.29, 0.717) is 13.1 Å². The Balaban J connectivity index is 2.51. The fourth-order valence-corrected chi connectivity index (χ4v) is 1.79. The highest BCUT2D eigenvalue weighted by Crippen LogP contribution is 2.17. The van der Waals surface area contributed by atoms with Gasteiger partial charge in [-0.25, -0.2) is 0 Å². The number of likely N-dealkylation sites (N-methyl/N-ethyl adjacent to an activating group) is 1. The summed E-state index contributed by atoms with van der Waals surface area (Å²) in [7, 11) is 5.78. The van der Waals surface area contributed by atoms with Gasteiger partial charge in [0.05, 0.1) is 12.3 Å². The van der Waals surface area contributed by atoms with Crippen molar-refractivity contribution in [1.82, 2.24) is 15.5 Å². The SMILES string of the molecule is CNCC(C)C(=O)NCC(c1ccco1)N(C)C. The average Bonchev–Trinajstić information content (AvgIpc) is 2.82. The van der Waals surface area contributed by atoms with Gasteiger partial charge in [0.15, 0.2) is 0 Å². The van der Waals surface area contributed by atoms with Crippen LogP contribution in [0.25, 0.3) is 0 Å². The summed E-state index contributed by atoms with van der Waals surface area (Å²) in [4.78, 5) is 13.9. The van der Waals surface area contributed by atoms with Crippen molar-refractivity contribution in [2.75, 3.05) is 34.2 Å². The highest BCUT2D eigenvalue weighted by molar-refractivity contribution is 5.78. The van der Waals surface area contributed by atoms with Gasteiger partial charge in [0, 0.05) is 19.0 Å². The standard InChI is InChI=1S/C13H23N3O2/c1-10(8-14-2)13(17)15-9-11(16(3)4)12-6-5-7-18-12/h5-7,10-11,14H,8-9H2,1-4H3,(H,15,17). The number of furan rings is 1. The zero-order valence-corrected chi connectivity index (χ0v) is 11.6. The first kappa shape index (κ1) is 14.7. The van der Waals surface area contributed by atoms with Gasteiger partial charge in [0.25, 0.3) is 0 Å². The molecule has 1 aromatic heterocycles. The van der Waals surface area contributed by atoms with Crippen molar-refractivity contribution >= 4 is 5.91 Å². The molecule has 0 aliphatic heterocycles. The van der Waals surface area contributed by atoms with Crippen molar-refractivity contribution in [1.29, 1.82) is 0 Å². The molecular formula is C13H23N3O2. The zero-order valence-electron chi connectivity index (χ0n) is 11.6. The van der Waals surface area contributed by atoms with Crippen molar-refractivity contribution in [2.45, 2.75) is 13.0 Å². The first-order valence-corrected chi connectivity index (χ1v) is 6.18. The molecule has 0 spiro atoms. The maximum atomic E-state index is 11.8. The summed E-state index contributed by atoms with van der Waals surface area (Å²) < 4.78 is 5.39. The normalized spacial score (nSPS) is 14.5. The van der Waals surface area contributed by atoms with Gasteiger partial charge in [-0.3, -0.25) is 9.69 Å². The van der Waals surface area contributed by atoms with Gasteiger partial charge in [-0.15, -0.1) is 0 Å². The minimum atomic E-state index is -0.0330. The smallest absolute Gasteiger partial charge is 0.224 e. The van der Waals surface area contributed by atoms with Gasteiger partial charge < -0.3 is 15.1 Å². The summed E-state index contributed by atoms with van der Waals surface area (Å²) in [5, 5.41) is 5.95. The molecule has 0 aliphatic rings. The number of carbonyl (C=O) groups is 1. The Bertz CT molecular complexity index is 349. The van der Waals surface area contributed by atoms with Crippen LogP contribution in [-0.2, 0) is 4.79 Å². The Kier molecular flexibility index (Phi) is 5.88. The Hall–Kier alpha value is -1.33. The first-order valence-electron chi connectivity index (χ1n) is 6.18. The third-order valence-electron chi connectivity index (χ3n) is 2.92. The van der Waals surface area contributed by atoms with Gasteiger partial charge >= 0.3 is 0 Å². The van der Waals surface area contributed by atoms with E-state index in [1.165, 1.54) is 0 Å². The van der Waals surface area contributed by atoms with E-state index in [0.717, 1.165) is 5.76 Å². The van der Waals surface area contributed by atoms with Crippen LogP contribution in [0.3, 0.4) is 0 Å². The molecule has 0 saturated heterocycles. The minimum absolute atomic E-state index is 0.0330. The van der Waals surface area contributed by atoms with Crippen LogP contribution < -0.4 is 10.6 Å². The number of carbonyl (C=O) groups excluding carboxylic acids is 1.